The van der Waals surface area contributed by atoms with Gasteiger partial charge in [0.15, 0.2) is 0 Å². The Morgan fingerprint density at radius 1 is 1.19 bits per heavy atom. The molecule has 0 saturated carbocycles. The van der Waals surface area contributed by atoms with Crippen molar-refractivity contribution in [1.29, 1.82) is 0 Å². The number of amides is 1. The van der Waals surface area contributed by atoms with E-state index in [9.17, 15) is 4.79 Å². The summed E-state index contributed by atoms with van der Waals surface area (Å²) in [4.78, 5) is 19.0. The molecule has 6 nitrogen and oxygen atoms in total. The lowest BCUT2D eigenvalue weighted by molar-refractivity contribution is -0.126. The van der Waals surface area contributed by atoms with Gasteiger partial charge in [-0.05, 0) is 30.2 Å². The smallest absolute Gasteiger partial charge is 0.237 e. The normalized spacial score (nSPS) is 16.7. The minimum absolute atomic E-state index is 0.0601. The minimum Gasteiger partial charge on any atom is -0.351 e. The van der Waals surface area contributed by atoms with E-state index >= 15 is 0 Å². The molecule has 2 heterocycles. The summed E-state index contributed by atoms with van der Waals surface area (Å²) in [5.41, 5.74) is 4.49. The van der Waals surface area contributed by atoms with Crippen LogP contribution in [0.3, 0.4) is 0 Å². The summed E-state index contributed by atoms with van der Waals surface area (Å²) in [5, 5.41) is 6.98. The zero-order valence-electron chi connectivity index (χ0n) is 15.5. The number of aromatic nitrogens is 2. The molecular weight excluding hydrogens is 340 g/mol. The number of nitrogens with one attached hydrogen (secondary N) is 1. The number of nitrogens with zero attached hydrogens (tertiary/aromatic N) is 3. The molecule has 138 valence electrons. The number of aryl methyl sites for hydroxylation is 1. The van der Waals surface area contributed by atoms with Crippen LogP contribution in [0.4, 0.5) is 0 Å². The van der Waals surface area contributed by atoms with Gasteiger partial charge in [0.2, 0.25) is 17.6 Å². The molecule has 27 heavy (non-hydrogen) atoms. The summed E-state index contributed by atoms with van der Waals surface area (Å²) in [5.74, 6) is 1.18. The summed E-state index contributed by atoms with van der Waals surface area (Å²) in [6.07, 6.45) is 0.745. The van der Waals surface area contributed by atoms with Gasteiger partial charge in [-0.3, -0.25) is 9.69 Å². The molecular formula is C21H22N4O2. The molecule has 0 aliphatic carbocycles. The topological polar surface area (TPSA) is 71.3 Å². The molecule has 4 rings (SSSR count). The van der Waals surface area contributed by atoms with E-state index in [4.69, 9.17) is 4.52 Å². The second-order valence-corrected chi connectivity index (χ2v) is 6.96. The third-order valence-electron chi connectivity index (χ3n) is 4.99. The SMILES string of the molecule is Cc1nc(-c2ccc(CNC(=O)C3Cc4ccccc4CN3C)cc2)no1. The summed E-state index contributed by atoms with van der Waals surface area (Å²) in [6, 6.07) is 16.0. The van der Waals surface area contributed by atoms with Crippen molar-refractivity contribution in [3.8, 4) is 11.4 Å². The Labute approximate surface area is 158 Å². The average Bonchev–Trinajstić information content (AvgIpc) is 3.12. The zero-order valence-corrected chi connectivity index (χ0v) is 15.5. The van der Waals surface area contributed by atoms with E-state index in [-0.39, 0.29) is 11.9 Å². The lowest BCUT2D eigenvalue weighted by Crippen LogP contribution is -2.48. The van der Waals surface area contributed by atoms with Crippen LogP contribution in [0.5, 0.6) is 0 Å². The van der Waals surface area contributed by atoms with E-state index in [1.54, 1.807) is 6.92 Å². The largest absolute Gasteiger partial charge is 0.351 e. The Morgan fingerprint density at radius 2 is 1.93 bits per heavy atom. The second-order valence-electron chi connectivity index (χ2n) is 6.96. The number of hydrogen-bond donors (Lipinski definition) is 1. The number of fused-ring (bicyclic) bond motifs is 1. The molecule has 1 N–H and O–H groups in total. The minimum atomic E-state index is -0.138. The third-order valence-corrected chi connectivity index (χ3v) is 4.99. The first-order valence-corrected chi connectivity index (χ1v) is 9.04. The van der Waals surface area contributed by atoms with E-state index in [0.717, 1.165) is 24.1 Å². The Bertz CT molecular complexity index is 949. The quantitative estimate of drug-likeness (QED) is 0.773. The molecule has 1 aliphatic heterocycles. The summed E-state index contributed by atoms with van der Waals surface area (Å²) >= 11 is 0. The van der Waals surface area contributed by atoms with Crippen molar-refractivity contribution < 1.29 is 9.32 Å². The summed E-state index contributed by atoms with van der Waals surface area (Å²) in [7, 11) is 2.00. The van der Waals surface area contributed by atoms with Crippen LogP contribution in [-0.4, -0.2) is 34.0 Å². The Kier molecular flexibility index (Phi) is 4.73. The van der Waals surface area contributed by atoms with E-state index in [1.165, 1.54) is 11.1 Å². The van der Waals surface area contributed by atoms with Crippen LogP contribution in [0.2, 0.25) is 0 Å². The lowest BCUT2D eigenvalue weighted by Gasteiger charge is -2.33. The van der Waals surface area contributed by atoms with E-state index in [2.05, 4.69) is 32.5 Å². The van der Waals surface area contributed by atoms with Crippen LogP contribution in [0.1, 0.15) is 22.6 Å². The molecule has 0 fully saturated rings. The first kappa shape index (κ1) is 17.4. The number of rotatable bonds is 4. The van der Waals surface area contributed by atoms with Gasteiger partial charge in [0.05, 0.1) is 6.04 Å². The number of hydrogen-bond acceptors (Lipinski definition) is 5. The molecule has 1 atom stereocenters. The highest BCUT2D eigenvalue weighted by molar-refractivity contribution is 5.82. The van der Waals surface area contributed by atoms with Crippen LogP contribution in [0.25, 0.3) is 11.4 Å². The molecule has 0 bridgehead atoms. The third kappa shape index (κ3) is 3.75. The monoisotopic (exact) mass is 362 g/mol. The Balaban J connectivity index is 1.38. The molecule has 1 unspecified atom stereocenters. The number of likely N-dealkylation sites (N-methyl/N-ethyl adjacent to an activating group) is 1. The molecule has 0 radical (unpaired) electrons. The maximum Gasteiger partial charge on any atom is 0.237 e. The maximum absolute atomic E-state index is 12.7. The van der Waals surface area contributed by atoms with E-state index < -0.39 is 0 Å². The maximum atomic E-state index is 12.7. The van der Waals surface area contributed by atoms with Gasteiger partial charge in [-0.15, -0.1) is 0 Å². The molecule has 2 aromatic carbocycles. The average molecular weight is 362 g/mol. The predicted molar refractivity (Wildman–Crippen MR) is 102 cm³/mol. The van der Waals surface area contributed by atoms with Gasteiger partial charge >= 0.3 is 0 Å². The van der Waals surface area contributed by atoms with Crippen LogP contribution < -0.4 is 5.32 Å². The van der Waals surface area contributed by atoms with Gasteiger partial charge in [-0.1, -0.05) is 53.7 Å². The first-order valence-electron chi connectivity index (χ1n) is 9.04. The van der Waals surface area contributed by atoms with Crippen molar-refractivity contribution in [3.63, 3.8) is 0 Å². The number of benzene rings is 2. The Hall–Kier alpha value is -2.99. The molecule has 6 heteroatoms. The second kappa shape index (κ2) is 7.32. The summed E-state index contributed by atoms with van der Waals surface area (Å²) in [6.45, 7) is 3.06. The van der Waals surface area contributed by atoms with Gasteiger partial charge in [0, 0.05) is 25.6 Å². The standard InChI is InChI=1S/C21H22N4O2/c1-14-23-20(24-27-14)16-9-7-15(8-10-16)12-22-21(26)19-11-17-5-3-4-6-18(17)13-25(19)2/h3-10,19H,11-13H2,1-2H3,(H,22,26). The highest BCUT2D eigenvalue weighted by Gasteiger charge is 2.28. The van der Waals surface area contributed by atoms with Gasteiger partial charge in [-0.2, -0.15) is 4.98 Å². The zero-order chi connectivity index (χ0) is 18.8. The highest BCUT2D eigenvalue weighted by Crippen LogP contribution is 2.22. The van der Waals surface area contributed by atoms with Crippen molar-refractivity contribution >= 4 is 5.91 Å². The number of carbonyl (C=O) groups excluding carboxylic acids is 1. The fraction of sp³-hybridized carbons (Fsp3) is 0.286. The lowest BCUT2D eigenvalue weighted by atomic mass is 9.94. The van der Waals surface area contributed by atoms with Crippen molar-refractivity contribution in [2.75, 3.05) is 7.05 Å². The van der Waals surface area contributed by atoms with Crippen molar-refractivity contribution in [2.24, 2.45) is 0 Å². The van der Waals surface area contributed by atoms with Crippen LogP contribution in [0, 0.1) is 6.92 Å². The van der Waals surface area contributed by atoms with Crippen LogP contribution >= 0.6 is 0 Å². The first-order chi connectivity index (χ1) is 13.1. The molecule has 1 amide bonds. The van der Waals surface area contributed by atoms with Gasteiger partial charge in [-0.25, -0.2) is 0 Å². The van der Waals surface area contributed by atoms with E-state index in [1.807, 2.05) is 43.4 Å². The van der Waals surface area contributed by atoms with Crippen LogP contribution in [-0.2, 0) is 24.3 Å². The molecule has 3 aromatic rings. The summed E-state index contributed by atoms with van der Waals surface area (Å²) < 4.78 is 5.01. The van der Waals surface area contributed by atoms with E-state index in [0.29, 0.717) is 18.3 Å². The fourth-order valence-corrected chi connectivity index (χ4v) is 3.44. The molecule has 0 saturated heterocycles. The van der Waals surface area contributed by atoms with Crippen molar-refractivity contribution in [3.05, 3.63) is 71.1 Å². The number of carbonyl (C=O) groups is 1. The molecule has 1 aliphatic rings. The van der Waals surface area contributed by atoms with Gasteiger partial charge < -0.3 is 9.84 Å². The van der Waals surface area contributed by atoms with Crippen molar-refractivity contribution in [1.82, 2.24) is 20.4 Å². The Morgan fingerprint density at radius 3 is 2.63 bits per heavy atom. The fourth-order valence-electron chi connectivity index (χ4n) is 3.44. The highest BCUT2D eigenvalue weighted by atomic mass is 16.5. The van der Waals surface area contributed by atoms with Crippen molar-refractivity contribution in [2.45, 2.75) is 32.5 Å². The van der Waals surface area contributed by atoms with Gasteiger partial charge in [0.1, 0.15) is 0 Å². The van der Waals surface area contributed by atoms with Crippen LogP contribution in [0.15, 0.2) is 53.1 Å². The molecule has 1 aromatic heterocycles. The predicted octanol–water partition coefficient (Wildman–Crippen LogP) is 2.72. The molecule has 0 spiro atoms. The van der Waals surface area contributed by atoms with Gasteiger partial charge in [0.25, 0.3) is 0 Å².